The smallest absolute Gasteiger partial charge is 0.00784 e. The molecule has 3 unspecified atom stereocenters. The molecule has 0 aromatic carbocycles. The summed E-state index contributed by atoms with van der Waals surface area (Å²) in [4.78, 5) is 0. The van der Waals surface area contributed by atoms with Crippen LogP contribution in [0.25, 0.3) is 0 Å². The van der Waals surface area contributed by atoms with E-state index >= 15 is 0 Å². The van der Waals surface area contributed by atoms with Gasteiger partial charge < -0.3 is 5.32 Å². The van der Waals surface area contributed by atoms with Crippen molar-refractivity contribution in [3.8, 4) is 0 Å². The van der Waals surface area contributed by atoms with E-state index in [0.717, 1.165) is 16.6 Å². The summed E-state index contributed by atoms with van der Waals surface area (Å²) in [6.07, 6.45) is 4.43. The number of hydrogen-bond donors (Lipinski definition) is 1. The van der Waals surface area contributed by atoms with Crippen molar-refractivity contribution in [2.75, 3.05) is 12.3 Å². The van der Waals surface area contributed by atoms with Crippen LogP contribution in [-0.2, 0) is 0 Å². The van der Waals surface area contributed by atoms with Crippen LogP contribution in [0.2, 0.25) is 0 Å². The lowest BCUT2D eigenvalue weighted by atomic mass is 9.93. The molecule has 0 aromatic rings. The second kappa shape index (κ2) is 4.05. The first-order chi connectivity index (χ1) is 6.65. The zero-order chi connectivity index (χ0) is 10.2. The van der Waals surface area contributed by atoms with Gasteiger partial charge in [0.2, 0.25) is 0 Å². The van der Waals surface area contributed by atoms with E-state index in [1.807, 2.05) is 0 Å². The Morgan fingerprint density at radius 2 is 2.29 bits per heavy atom. The van der Waals surface area contributed by atoms with Crippen LogP contribution in [0.4, 0.5) is 0 Å². The van der Waals surface area contributed by atoms with E-state index in [0.29, 0.717) is 6.04 Å². The Morgan fingerprint density at radius 1 is 1.50 bits per heavy atom. The van der Waals surface area contributed by atoms with Crippen LogP contribution in [0.5, 0.6) is 0 Å². The summed E-state index contributed by atoms with van der Waals surface area (Å²) >= 11 is 2.20. The maximum Gasteiger partial charge on any atom is 0.00784 e. The molecule has 1 saturated heterocycles. The van der Waals surface area contributed by atoms with E-state index in [1.54, 1.807) is 0 Å². The number of nitrogens with one attached hydrogen (secondary N) is 1. The zero-order valence-corrected chi connectivity index (χ0v) is 10.5. The maximum absolute atomic E-state index is 3.59. The molecule has 1 heterocycles. The molecule has 2 aliphatic rings. The van der Waals surface area contributed by atoms with Gasteiger partial charge in [-0.05, 0) is 42.9 Å². The number of rotatable bonds is 3. The monoisotopic (exact) mass is 213 g/mol. The normalized spacial score (nSPS) is 42.0. The lowest BCUT2D eigenvalue weighted by Gasteiger charge is -2.30. The average Bonchev–Trinajstić information content (AvgIpc) is 2.83. The fourth-order valence-corrected chi connectivity index (χ4v) is 4.29. The van der Waals surface area contributed by atoms with Crippen LogP contribution in [0, 0.1) is 11.3 Å². The van der Waals surface area contributed by atoms with Crippen LogP contribution in [-0.4, -0.2) is 23.6 Å². The van der Waals surface area contributed by atoms with Gasteiger partial charge in [0.1, 0.15) is 0 Å². The molecule has 0 bridgehead atoms. The van der Waals surface area contributed by atoms with Crippen molar-refractivity contribution in [2.45, 2.75) is 51.3 Å². The maximum atomic E-state index is 3.59. The molecule has 14 heavy (non-hydrogen) atoms. The van der Waals surface area contributed by atoms with Crippen LogP contribution in [0.3, 0.4) is 0 Å². The molecule has 2 rings (SSSR count). The Kier molecular flexibility index (Phi) is 3.13. The van der Waals surface area contributed by atoms with Crippen molar-refractivity contribution < 1.29 is 0 Å². The molecule has 82 valence electrons. The first-order valence-electron chi connectivity index (χ1n) is 6.00. The highest BCUT2D eigenvalue weighted by Crippen LogP contribution is 2.63. The fourth-order valence-electron chi connectivity index (χ4n) is 2.89. The summed E-state index contributed by atoms with van der Waals surface area (Å²) in [5, 5.41) is 4.50. The van der Waals surface area contributed by atoms with Gasteiger partial charge in [0, 0.05) is 11.3 Å². The predicted molar refractivity (Wildman–Crippen MR) is 64.8 cm³/mol. The summed E-state index contributed by atoms with van der Waals surface area (Å²) in [5.74, 6) is 2.38. The molecule has 0 radical (unpaired) electrons. The van der Waals surface area contributed by atoms with E-state index in [9.17, 15) is 0 Å². The quantitative estimate of drug-likeness (QED) is 0.773. The highest BCUT2D eigenvalue weighted by molar-refractivity contribution is 7.99. The number of hydrogen-bond acceptors (Lipinski definition) is 2. The highest BCUT2D eigenvalue weighted by Gasteiger charge is 2.57. The van der Waals surface area contributed by atoms with Gasteiger partial charge in [0.05, 0.1) is 0 Å². The SMILES string of the molecule is CC(C)NCC1CC12CCCSC2C. The molecular formula is C12H23NS. The lowest BCUT2D eigenvalue weighted by molar-refractivity contribution is 0.383. The minimum Gasteiger partial charge on any atom is -0.314 e. The van der Waals surface area contributed by atoms with Gasteiger partial charge in [-0.1, -0.05) is 20.8 Å². The van der Waals surface area contributed by atoms with E-state index in [2.05, 4.69) is 37.8 Å². The largest absolute Gasteiger partial charge is 0.314 e. The minimum atomic E-state index is 0.652. The van der Waals surface area contributed by atoms with Gasteiger partial charge in [0.25, 0.3) is 0 Å². The lowest BCUT2D eigenvalue weighted by Crippen LogP contribution is -2.30. The molecular weight excluding hydrogens is 190 g/mol. The van der Waals surface area contributed by atoms with Crippen molar-refractivity contribution >= 4 is 11.8 Å². The Hall–Kier alpha value is 0.310. The van der Waals surface area contributed by atoms with Gasteiger partial charge in [-0.25, -0.2) is 0 Å². The summed E-state index contributed by atoms with van der Waals surface area (Å²) in [6, 6.07) is 0.652. The van der Waals surface area contributed by atoms with E-state index < -0.39 is 0 Å². The minimum absolute atomic E-state index is 0.652. The van der Waals surface area contributed by atoms with Crippen molar-refractivity contribution in [3.05, 3.63) is 0 Å². The molecule has 1 spiro atoms. The third-order valence-corrected chi connectivity index (χ3v) is 5.51. The van der Waals surface area contributed by atoms with Gasteiger partial charge in [0.15, 0.2) is 0 Å². The Morgan fingerprint density at radius 3 is 2.93 bits per heavy atom. The van der Waals surface area contributed by atoms with E-state index in [-0.39, 0.29) is 0 Å². The standard InChI is InChI=1S/C12H23NS/c1-9(2)13-8-11-7-12(11)5-4-6-14-10(12)3/h9-11,13H,4-8H2,1-3H3. The third-order valence-electron chi connectivity index (χ3n) is 4.02. The molecule has 0 amide bonds. The van der Waals surface area contributed by atoms with E-state index in [4.69, 9.17) is 0 Å². The molecule has 2 heteroatoms. The molecule has 1 N–H and O–H groups in total. The summed E-state index contributed by atoms with van der Waals surface area (Å²) < 4.78 is 0. The summed E-state index contributed by atoms with van der Waals surface area (Å²) in [6.45, 7) is 8.18. The first-order valence-corrected chi connectivity index (χ1v) is 7.05. The van der Waals surface area contributed by atoms with Crippen molar-refractivity contribution in [1.29, 1.82) is 0 Å². The predicted octanol–water partition coefficient (Wildman–Crippen LogP) is 2.91. The Bertz CT molecular complexity index is 204. The van der Waals surface area contributed by atoms with Gasteiger partial charge in [-0.15, -0.1) is 0 Å². The third kappa shape index (κ3) is 1.96. The molecule has 1 nitrogen and oxygen atoms in total. The molecule has 0 aromatic heterocycles. The van der Waals surface area contributed by atoms with Crippen molar-refractivity contribution in [1.82, 2.24) is 5.32 Å². The van der Waals surface area contributed by atoms with Crippen LogP contribution >= 0.6 is 11.8 Å². The van der Waals surface area contributed by atoms with E-state index in [1.165, 1.54) is 31.6 Å². The number of thioether (sulfide) groups is 1. The molecule has 2 fully saturated rings. The van der Waals surface area contributed by atoms with Gasteiger partial charge >= 0.3 is 0 Å². The summed E-state index contributed by atoms with van der Waals surface area (Å²) in [5.41, 5.74) is 0.741. The second-order valence-electron chi connectivity index (χ2n) is 5.31. The Labute approximate surface area is 92.4 Å². The molecule has 1 aliphatic heterocycles. The highest BCUT2D eigenvalue weighted by atomic mass is 32.2. The van der Waals surface area contributed by atoms with Crippen LogP contribution in [0.1, 0.15) is 40.0 Å². The topological polar surface area (TPSA) is 12.0 Å². The summed E-state index contributed by atoms with van der Waals surface area (Å²) in [7, 11) is 0. The van der Waals surface area contributed by atoms with Crippen molar-refractivity contribution in [3.63, 3.8) is 0 Å². The zero-order valence-electron chi connectivity index (χ0n) is 9.68. The molecule has 1 aliphatic carbocycles. The fraction of sp³-hybridized carbons (Fsp3) is 1.00. The van der Waals surface area contributed by atoms with Gasteiger partial charge in [-0.2, -0.15) is 11.8 Å². The average molecular weight is 213 g/mol. The second-order valence-corrected chi connectivity index (χ2v) is 6.76. The van der Waals surface area contributed by atoms with Gasteiger partial charge in [-0.3, -0.25) is 0 Å². The van der Waals surface area contributed by atoms with Crippen molar-refractivity contribution in [2.24, 2.45) is 11.3 Å². The first kappa shape index (κ1) is 10.8. The Balaban J connectivity index is 1.82. The van der Waals surface area contributed by atoms with Crippen LogP contribution in [0.15, 0.2) is 0 Å². The van der Waals surface area contributed by atoms with Crippen LogP contribution < -0.4 is 5.32 Å². The molecule has 1 saturated carbocycles. The molecule has 3 atom stereocenters.